The molecule has 2 aromatic heterocycles. The number of ether oxygens (including phenoxy) is 3. The maximum Gasteiger partial charge on any atom is 0.308 e. The smallest absolute Gasteiger partial charge is 0.308 e. The van der Waals surface area contributed by atoms with Crippen molar-refractivity contribution in [2.75, 3.05) is 6.61 Å². The SMILES string of the molecule is CC(=O)Oc1cccc(OC(C)=O)c1-c1ncnc2c1ncn2[C@H]1C[C@H](O[Si](C)(C)C(C)(C)C)[C@@H](CO[Si](C)(C)C(C)(C)C)O1. The van der Waals surface area contributed by atoms with Gasteiger partial charge in [0.25, 0.3) is 0 Å². The Bertz CT molecular complexity index is 1520. The second kappa shape index (κ2) is 12.7. The largest absolute Gasteiger partial charge is 0.426 e. The quantitative estimate of drug-likeness (QED) is 0.135. The highest BCUT2D eigenvalue weighted by atomic mass is 28.4. The summed E-state index contributed by atoms with van der Waals surface area (Å²) in [6, 6.07) is 4.87. The number of hydrogen-bond acceptors (Lipinski definition) is 10. The van der Waals surface area contributed by atoms with Gasteiger partial charge >= 0.3 is 11.9 Å². The maximum absolute atomic E-state index is 11.9. The van der Waals surface area contributed by atoms with E-state index in [2.05, 4.69) is 82.7 Å². The topological polar surface area (TPSA) is 124 Å². The molecule has 0 saturated carbocycles. The van der Waals surface area contributed by atoms with Crippen LogP contribution in [0.3, 0.4) is 0 Å². The van der Waals surface area contributed by atoms with E-state index >= 15 is 0 Å². The van der Waals surface area contributed by atoms with E-state index in [0.717, 1.165) is 0 Å². The molecule has 11 nitrogen and oxygen atoms in total. The highest BCUT2D eigenvalue weighted by Crippen LogP contribution is 2.44. The van der Waals surface area contributed by atoms with Crippen molar-refractivity contribution in [2.45, 2.75) is 117 Å². The molecule has 0 radical (unpaired) electrons. The molecule has 0 bridgehead atoms. The molecule has 1 aliphatic heterocycles. The van der Waals surface area contributed by atoms with Gasteiger partial charge in [0.05, 0.1) is 24.6 Å². The number of carbonyl (C=O) groups excluding carboxylic acids is 2. The molecule has 45 heavy (non-hydrogen) atoms. The summed E-state index contributed by atoms with van der Waals surface area (Å²) in [6.07, 6.45) is 2.79. The van der Waals surface area contributed by atoms with Crippen LogP contribution in [0.5, 0.6) is 11.5 Å². The lowest BCUT2D eigenvalue weighted by molar-refractivity contribution is -0.132. The fourth-order valence-corrected chi connectivity index (χ4v) is 7.05. The lowest BCUT2D eigenvalue weighted by Crippen LogP contribution is -2.48. The number of benzene rings is 1. The van der Waals surface area contributed by atoms with Crippen molar-refractivity contribution in [1.82, 2.24) is 19.5 Å². The first-order valence-corrected chi connectivity index (χ1v) is 21.2. The van der Waals surface area contributed by atoms with Crippen LogP contribution in [0.25, 0.3) is 22.4 Å². The number of nitrogens with zero attached hydrogens (tertiary/aromatic N) is 4. The molecular weight excluding hydrogens is 609 g/mol. The molecule has 3 atom stereocenters. The minimum absolute atomic E-state index is 0.0226. The zero-order valence-corrected chi connectivity index (χ0v) is 30.7. The Kier molecular flexibility index (Phi) is 9.82. The lowest BCUT2D eigenvalue weighted by atomic mass is 10.1. The molecule has 1 aliphatic rings. The molecule has 0 spiro atoms. The number of rotatable bonds is 9. The number of carbonyl (C=O) groups is 2. The van der Waals surface area contributed by atoms with Crippen molar-refractivity contribution in [2.24, 2.45) is 0 Å². The summed E-state index contributed by atoms with van der Waals surface area (Å²) in [4.78, 5) is 37.6. The third-order valence-corrected chi connectivity index (χ3v) is 18.3. The normalized spacial score (nSPS) is 19.6. The van der Waals surface area contributed by atoms with Gasteiger partial charge in [-0.2, -0.15) is 0 Å². The van der Waals surface area contributed by atoms with Crippen LogP contribution < -0.4 is 9.47 Å². The average Bonchev–Trinajstić information content (AvgIpc) is 3.49. The summed E-state index contributed by atoms with van der Waals surface area (Å²) >= 11 is 0. The monoisotopic (exact) mass is 656 g/mol. The van der Waals surface area contributed by atoms with Crippen LogP contribution in [0.2, 0.25) is 36.3 Å². The van der Waals surface area contributed by atoms with Gasteiger partial charge in [0.1, 0.15) is 41.4 Å². The first-order chi connectivity index (χ1) is 20.7. The van der Waals surface area contributed by atoms with Crippen LogP contribution in [0, 0.1) is 0 Å². The van der Waals surface area contributed by atoms with E-state index in [-0.39, 0.29) is 33.8 Å². The molecule has 1 fully saturated rings. The highest BCUT2D eigenvalue weighted by molar-refractivity contribution is 6.74. The Morgan fingerprint density at radius 1 is 0.911 bits per heavy atom. The molecular formula is C32H48N4O7Si2. The van der Waals surface area contributed by atoms with E-state index in [9.17, 15) is 9.59 Å². The molecule has 4 rings (SSSR count). The van der Waals surface area contributed by atoms with E-state index < -0.39 is 34.8 Å². The molecule has 0 aliphatic carbocycles. The Morgan fingerprint density at radius 2 is 1.49 bits per heavy atom. The van der Waals surface area contributed by atoms with Crippen molar-refractivity contribution >= 4 is 39.7 Å². The highest BCUT2D eigenvalue weighted by Gasteiger charge is 2.47. The van der Waals surface area contributed by atoms with E-state index in [1.165, 1.54) is 20.2 Å². The van der Waals surface area contributed by atoms with E-state index in [1.807, 2.05) is 4.57 Å². The number of hydrogen-bond donors (Lipinski definition) is 0. The summed E-state index contributed by atoms with van der Waals surface area (Å²) in [7, 11) is -4.19. The molecule has 0 N–H and O–H groups in total. The summed E-state index contributed by atoms with van der Waals surface area (Å²) in [5.74, 6) is -0.660. The van der Waals surface area contributed by atoms with Crippen LogP contribution in [0.15, 0.2) is 30.9 Å². The molecule has 0 unspecified atom stereocenters. The number of esters is 2. The molecule has 3 heterocycles. The molecule has 0 amide bonds. The minimum atomic E-state index is -2.14. The van der Waals surface area contributed by atoms with Gasteiger partial charge < -0.3 is 23.1 Å². The predicted molar refractivity (Wildman–Crippen MR) is 177 cm³/mol. The van der Waals surface area contributed by atoms with Gasteiger partial charge in [-0.15, -0.1) is 0 Å². The van der Waals surface area contributed by atoms with Gasteiger partial charge in [-0.05, 0) is 48.4 Å². The number of fused-ring (bicyclic) bond motifs is 1. The first-order valence-electron chi connectivity index (χ1n) is 15.4. The fraction of sp³-hybridized carbons (Fsp3) is 0.594. The number of imidazole rings is 1. The van der Waals surface area contributed by atoms with Crippen LogP contribution in [0.1, 0.15) is 68.0 Å². The Labute approximate surface area is 268 Å². The standard InChI is InChI=1S/C32H48N4O7Si2/c1-20(37)40-22-14-13-15-23(41-21(2)38)27(22)28-29-30(34-18-33-28)36(19-35-29)26-16-24(43-45(11,12)32(6,7)8)25(42-26)17-39-44(9,10)31(3,4)5/h13-15,18-19,24-26H,16-17H2,1-12H3/t24-,25+,26+/m0/s1. The van der Waals surface area contributed by atoms with Crippen molar-refractivity contribution < 1.29 is 32.7 Å². The maximum atomic E-state index is 11.9. The summed E-state index contributed by atoms with van der Waals surface area (Å²) in [5, 5.41) is 0.0801. The zero-order valence-electron chi connectivity index (χ0n) is 28.7. The van der Waals surface area contributed by atoms with Crippen molar-refractivity contribution in [3.8, 4) is 22.8 Å². The molecule has 1 aromatic carbocycles. The minimum Gasteiger partial charge on any atom is -0.426 e. The number of aromatic nitrogens is 4. The van der Waals surface area contributed by atoms with Crippen molar-refractivity contribution in [3.63, 3.8) is 0 Å². The second-order valence-electron chi connectivity index (χ2n) is 14.7. The van der Waals surface area contributed by atoms with Gasteiger partial charge in [0.15, 0.2) is 22.3 Å². The fourth-order valence-electron chi connectivity index (χ4n) is 4.68. The summed E-state index contributed by atoms with van der Waals surface area (Å²) in [6.45, 7) is 25.4. The van der Waals surface area contributed by atoms with Gasteiger partial charge in [0.2, 0.25) is 0 Å². The molecule has 246 valence electrons. The molecule has 1 saturated heterocycles. The van der Waals surface area contributed by atoms with Crippen LogP contribution in [-0.4, -0.2) is 66.9 Å². The third kappa shape index (κ3) is 7.54. The first kappa shape index (κ1) is 34.9. The van der Waals surface area contributed by atoms with Gasteiger partial charge in [-0.1, -0.05) is 47.6 Å². The van der Waals surface area contributed by atoms with Crippen LogP contribution in [-0.2, 0) is 23.2 Å². The van der Waals surface area contributed by atoms with E-state index in [1.54, 1.807) is 24.5 Å². The van der Waals surface area contributed by atoms with Crippen LogP contribution in [0.4, 0.5) is 0 Å². The lowest BCUT2D eigenvalue weighted by Gasteiger charge is -2.40. The summed E-state index contributed by atoms with van der Waals surface area (Å²) in [5.41, 5.74) is 1.65. The second-order valence-corrected chi connectivity index (χ2v) is 24.3. The third-order valence-electron chi connectivity index (χ3n) is 9.25. The Morgan fingerprint density at radius 3 is 2.02 bits per heavy atom. The molecule has 13 heteroatoms. The van der Waals surface area contributed by atoms with E-state index in [0.29, 0.717) is 35.4 Å². The average molecular weight is 657 g/mol. The predicted octanol–water partition coefficient (Wildman–Crippen LogP) is 7.04. The Hall–Kier alpha value is -2.98. The van der Waals surface area contributed by atoms with Gasteiger partial charge in [0, 0.05) is 20.3 Å². The van der Waals surface area contributed by atoms with Crippen LogP contribution >= 0.6 is 0 Å². The Balaban J connectivity index is 1.74. The van der Waals surface area contributed by atoms with E-state index in [4.69, 9.17) is 23.1 Å². The zero-order chi connectivity index (χ0) is 33.5. The van der Waals surface area contributed by atoms with Crippen molar-refractivity contribution in [1.29, 1.82) is 0 Å². The van der Waals surface area contributed by atoms with Gasteiger partial charge in [-0.3, -0.25) is 14.2 Å². The van der Waals surface area contributed by atoms with Gasteiger partial charge in [-0.25, -0.2) is 15.0 Å². The van der Waals surface area contributed by atoms with Crippen molar-refractivity contribution in [3.05, 3.63) is 30.9 Å². The molecule has 3 aromatic rings. The summed E-state index contributed by atoms with van der Waals surface area (Å²) < 4.78 is 33.2.